The number of aromatic nitrogens is 4. The van der Waals surface area contributed by atoms with E-state index in [0.717, 1.165) is 16.9 Å². The summed E-state index contributed by atoms with van der Waals surface area (Å²) in [5.74, 6) is -0.227. The van der Waals surface area contributed by atoms with Gasteiger partial charge in [-0.3, -0.25) is 4.79 Å². The Balaban J connectivity index is 2.04. The molecule has 0 aliphatic carbocycles. The van der Waals surface area contributed by atoms with Crippen molar-refractivity contribution in [1.82, 2.24) is 25.5 Å². The third-order valence-electron chi connectivity index (χ3n) is 4.04. The fourth-order valence-electron chi connectivity index (χ4n) is 2.06. The van der Waals surface area contributed by atoms with E-state index in [-0.39, 0.29) is 18.4 Å². The highest BCUT2D eigenvalue weighted by atomic mass is 16.2. The van der Waals surface area contributed by atoms with Gasteiger partial charge in [-0.05, 0) is 47.9 Å². The molecule has 1 aromatic carbocycles. The van der Waals surface area contributed by atoms with Gasteiger partial charge in [-0.25, -0.2) is 4.68 Å². The predicted octanol–water partition coefficient (Wildman–Crippen LogP) is 1.44. The van der Waals surface area contributed by atoms with Crippen molar-refractivity contribution in [1.29, 1.82) is 5.26 Å². The summed E-state index contributed by atoms with van der Waals surface area (Å²) >= 11 is 0. The first kappa shape index (κ1) is 17.4. The molecule has 1 amide bonds. The van der Waals surface area contributed by atoms with Gasteiger partial charge in [0.25, 0.3) is 0 Å². The van der Waals surface area contributed by atoms with Crippen molar-refractivity contribution in [3.8, 4) is 11.8 Å². The average Bonchev–Trinajstić information content (AvgIpc) is 3.08. The first-order chi connectivity index (χ1) is 11.4. The van der Waals surface area contributed by atoms with Gasteiger partial charge in [0.2, 0.25) is 5.91 Å². The number of carbonyl (C=O) groups excluding carboxylic acids is 1. The van der Waals surface area contributed by atoms with Gasteiger partial charge in [0.15, 0.2) is 0 Å². The zero-order valence-electron chi connectivity index (χ0n) is 14.2. The fraction of sp³-hybridized carbons (Fsp3) is 0.438. The molecular weight excluding hydrogens is 306 g/mol. The molecule has 0 aliphatic heterocycles. The zero-order valence-corrected chi connectivity index (χ0v) is 14.2. The van der Waals surface area contributed by atoms with E-state index in [9.17, 15) is 10.1 Å². The predicted molar refractivity (Wildman–Crippen MR) is 89.4 cm³/mol. The zero-order chi connectivity index (χ0) is 17.7. The van der Waals surface area contributed by atoms with Gasteiger partial charge in [0, 0.05) is 5.69 Å². The summed E-state index contributed by atoms with van der Waals surface area (Å²) in [6.45, 7) is 7.54. The number of hydrogen-bond donors (Lipinski definition) is 2. The lowest BCUT2D eigenvalue weighted by atomic mass is 9.90. The van der Waals surface area contributed by atoms with Crippen LogP contribution in [-0.4, -0.2) is 38.2 Å². The van der Waals surface area contributed by atoms with E-state index in [2.05, 4.69) is 32.2 Å². The van der Waals surface area contributed by atoms with Crippen LogP contribution in [0.4, 0.5) is 5.69 Å². The van der Waals surface area contributed by atoms with Crippen LogP contribution in [0.1, 0.15) is 26.3 Å². The molecule has 8 heteroatoms. The van der Waals surface area contributed by atoms with Crippen molar-refractivity contribution in [2.24, 2.45) is 5.92 Å². The van der Waals surface area contributed by atoms with Gasteiger partial charge in [0.05, 0.1) is 18.3 Å². The van der Waals surface area contributed by atoms with Crippen molar-refractivity contribution in [3.05, 3.63) is 30.1 Å². The molecule has 2 aromatic rings. The van der Waals surface area contributed by atoms with Crippen LogP contribution in [0.25, 0.3) is 5.69 Å². The number of anilines is 1. The molecule has 1 atom stereocenters. The summed E-state index contributed by atoms with van der Waals surface area (Å²) in [6, 6.07) is 7.82. The van der Waals surface area contributed by atoms with Crippen LogP contribution in [0, 0.1) is 24.2 Å². The Hall–Kier alpha value is -2.95. The van der Waals surface area contributed by atoms with Crippen LogP contribution in [0.2, 0.25) is 0 Å². The summed E-state index contributed by atoms with van der Waals surface area (Å²) in [4.78, 5) is 12.1. The molecule has 2 rings (SSSR count). The second-order valence-electron chi connectivity index (χ2n) is 6.13. The summed E-state index contributed by atoms with van der Waals surface area (Å²) < 4.78 is 1.56. The van der Waals surface area contributed by atoms with Gasteiger partial charge in [-0.2, -0.15) is 5.26 Å². The number of hydrogen-bond acceptors (Lipinski definition) is 6. The summed E-state index contributed by atoms with van der Waals surface area (Å²) in [7, 11) is 0. The van der Waals surface area contributed by atoms with Gasteiger partial charge < -0.3 is 10.6 Å². The number of tetrazole rings is 1. The Kier molecular flexibility index (Phi) is 5.14. The molecule has 0 saturated heterocycles. The SMILES string of the molecule is Cc1ccc(NCC(=O)N[C@](C)(C#N)C(C)C)cc1-n1cnnn1. The number of benzene rings is 1. The quantitative estimate of drug-likeness (QED) is 0.831. The highest BCUT2D eigenvalue weighted by Crippen LogP contribution is 2.18. The van der Waals surface area contributed by atoms with Crippen molar-refractivity contribution in [3.63, 3.8) is 0 Å². The molecule has 8 nitrogen and oxygen atoms in total. The van der Waals surface area contributed by atoms with Gasteiger partial charge in [0.1, 0.15) is 11.9 Å². The highest BCUT2D eigenvalue weighted by molar-refractivity contribution is 5.82. The number of aryl methyl sites for hydroxylation is 1. The highest BCUT2D eigenvalue weighted by Gasteiger charge is 2.29. The molecule has 0 aliphatic rings. The van der Waals surface area contributed by atoms with Crippen LogP contribution < -0.4 is 10.6 Å². The smallest absolute Gasteiger partial charge is 0.240 e. The van der Waals surface area contributed by atoms with Crippen LogP contribution in [0.3, 0.4) is 0 Å². The Bertz CT molecular complexity index is 748. The Labute approximate surface area is 140 Å². The monoisotopic (exact) mass is 327 g/mol. The number of nitrogens with zero attached hydrogens (tertiary/aromatic N) is 5. The maximum absolute atomic E-state index is 12.1. The molecule has 0 bridgehead atoms. The normalized spacial score (nSPS) is 13.2. The summed E-state index contributed by atoms with van der Waals surface area (Å²) in [5.41, 5.74) is 1.72. The molecule has 0 spiro atoms. The number of amides is 1. The van der Waals surface area contributed by atoms with Gasteiger partial charge >= 0.3 is 0 Å². The van der Waals surface area contributed by atoms with E-state index in [0.29, 0.717) is 0 Å². The molecular formula is C16H21N7O. The number of carbonyl (C=O) groups is 1. The first-order valence-corrected chi connectivity index (χ1v) is 7.66. The number of rotatable bonds is 6. The summed E-state index contributed by atoms with van der Waals surface area (Å²) in [6.07, 6.45) is 1.51. The third-order valence-corrected chi connectivity index (χ3v) is 4.04. The molecule has 0 saturated carbocycles. The maximum Gasteiger partial charge on any atom is 0.240 e. The Morgan fingerprint density at radius 3 is 2.79 bits per heavy atom. The Morgan fingerprint density at radius 1 is 1.46 bits per heavy atom. The van der Waals surface area contributed by atoms with Crippen molar-refractivity contribution in [2.45, 2.75) is 33.2 Å². The lowest BCUT2D eigenvalue weighted by Gasteiger charge is -2.27. The van der Waals surface area contributed by atoms with Crippen LogP contribution in [-0.2, 0) is 4.79 Å². The minimum absolute atomic E-state index is 0.0113. The van der Waals surface area contributed by atoms with Crippen molar-refractivity contribution in [2.75, 3.05) is 11.9 Å². The van der Waals surface area contributed by atoms with Crippen molar-refractivity contribution >= 4 is 11.6 Å². The van der Waals surface area contributed by atoms with E-state index in [1.807, 2.05) is 39.0 Å². The number of nitriles is 1. The van der Waals surface area contributed by atoms with E-state index in [1.54, 1.807) is 11.6 Å². The second kappa shape index (κ2) is 7.08. The molecule has 0 radical (unpaired) electrons. The largest absolute Gasteiger partial charge is 0.376 e. The van der Waals surface area contributed by atoms with Crippen LogP contribution in [0.5, 0.6) is 0 Å². The topological polar surface area (TPSA) is 109 Å². The standard InChI is InChI=1S/C16H21N7O/c1-11(2)16(4,9-17)20-15(24)8-18-13-6-5-12(3)14(7-13)23-10-19-21-22-23/h5-7,10-11,18H,8H2,1-4H3,(H,20,24)/t16-/m1/s1. The van der Waals surface area contributed by atoms with E-state index >= 15 is 0 Å². The van der Waals surface area contributed by atoms with E-state index in [1.165, 1.54) is 6.33 Å². The van der Waals surface area contributed by atoms with Crippen LogP contribution >= 0.6 is 0 Å². The minimum Gasteiger partial charge on any atom is -0.376 e. The molecule has 0 unspecified atom stereocenters. The maximum atomic E-state index is 12.1. The third kappa shape index (κ3) is 3.87. The van der Waals surface area contributed by atoms with E-state index < -0.39 is 5.54 Å². The number of nitrogens with one attached hydrogen (secondary N) is 2. The first-order valence-electron chi connectivity index (χ1n) is 7.66. The molecule has 126 valence electrons. The molecule has 24 heavy (non-hydrogen) atoms. The average molecular weight is 327 g/mol. The van der Waals surface area contributed by atoms with Crippen molar-refractivity contribution < 1.29 is 4.79 Å². The lowest BCUT2D eigenvalue weighted by molar-refractivity contribution is -0.121. The van der Waals surface area contributed by atoms with Gasteiger partial charge in [-0.1, -0.05) is 19.9 Å². The van der Waals surface area contributed by atoms with Crippen LogP contribution in [0.15, 0.2) is 24.5 Å². The van der Waals surface area contributed by atoms with E-state index in [4.69, 9.17) is 0 Å². The molecule has 0 fully saturated rings. The molecule has 2 N–H and O–H groups in total. The summed E-state index contributed by atoms with van der Waals surface area (Å²) in [5, 5.41) is 26.2. The molecule has 1 aromatic heterocycles. The van der Waals surface area contributed by atoms with Gasteiger partial charge in [-0.15, -0.1) is 5.10 Å². The lowest BCUT2D eigenvalue weighted by Crippen LogP contribution is -2.50. The molecule has 1 heterocycles. The minimum atomic E-state index is -0.885. The Morgan fingerprint density at radius 2 is 2.21 bits per heavy atom. The second-order valence-corrected chi connectivity index (χ2v) is 6.13. The fourth-order valence-corrected chi connectivity index (χ4v) is 2.06.